The van der Waals surface area contributed by atoms with E-state index in [1.54, 1.807) is 0 Å². The number of ether oxygens (including phenoxy) is 1. The van der Waals surface area contributed by atoms with E-state index >= 15 is 0 Å². The largest absolute Gasteiger partial charge is 0.374 e. The summed E-state index contributed by atoms with van der Waals surface area (Å²) in [6, 6.07) is 8.73. The summed E-state index contributed by atoms with van der Waals surface area (Å²) >= 11 is 0. The molecule has 0 heterocycles. The molecule has 0 fully saturated rings. The number of rotatable bonds is 11. The zero-order valence-corrected chi connectivity index (χ0v) is 13.5. The highest BCUT2D eigenvalue weighted by molar-refractivity contribution is 5.21. The van der Waals surface area contributed by atoms with Crippen LogP contribution in [-0.2, 0) is 17.9 Å². The summed E-state index contributed by atoms with van der Waals surface area (Å²) in [5, 5.41) is 3.34. The van der Waals surface area contributed by atoms with Crippen LogP contribution in [0.4, 0.5) is 0 Å². The van der Waals surface area contributed by atoms with Gasteiger partial charge in [0.05, 0.1) is 12.7 Å². The van der Waals surface area contributed by atoms with Crippen LogP contribution in [0.15, 0.2) is 24.3 Å². The van der Waals surface area contributed by atoms with Crippen LogP contribution in [-0.4, -0.2) is 12.6 Å². The molecule has 0 aliphatic rings. The SMILES string of the molecule is CCCCCCC(C)OCc1ccc(CNCC)cc1. The molecule has 1 unspecified atom stereocenters. The molecule has 0 aromatic heterocycles. The van der Waals surface area contributed by atoms with Gasteiger partial charge in [0, 0.05) is 6.54 Å². The third-order valence-electron chi connectivity index (χ3n) is 3.60. The van der Waals surface area contributed by atoms with Crippen molar-refractivity contribution in [2.75, 3.05) is 6.54 Å². The molecule has 0 aliphatic heterocycles. The summed E-state index contributed by atoms with van der Waals surface area (Å²) in [6.45, 7) is 9.26. The standard InChI is InChI=1S/C18H31NO/c1-4-6-7-8-9-16(3)20-15-18-12-10-17(11-13-18)14-19-5-2/h10-13,16,19H,4-9,14-15H2,1-3H3. The Labute approximate surface area is 124 Å². The lowest BCUT2D eigenvalue weighted by Crippen LogP contribution is -2.11. The Morgan fingerprint density at radius 1 is 1.00 bits per heavy atom. The van der Waals surface area contributed by atoms with E-state index in [1.807, 2.05) is 0 Å². The quantitative estimate of drug-likeness (QED) is 0.593. The van der Waals surface area contributed by atoms with Crippen LogP contribution in [0, 0.1) is 0 Å². The van der Waals surface area contributed by atoms with E-state index in [0.29, 0.717) is 6.10 Å². The lowest BCUT2D eigenvalue weighted by atomic mass is 10.1. The molecule has 1 rings (SSSR count). The maximum absolute atomic E-state index is 5.91. The third kappa shape index (κ3) is 7.66. The van der Waals surface area contributed by atoms with Crippen LogP contribution in [0.5, 0.6) is 0 Å². The second-order valence-corrected chi connectivity index (χ2v) is 5.57. The van der Waals surface area contributed by atoms with E-state index in [2.05, 4.69) is 50.4 Å². The Kier molecular flexibility index (Phi) is 9.35. The summed E-state index contributed by atoms with van der Waals surface area (Å²) in [5.74, 6) is 0. The summed E-state index contributed by atoms with van der Waals surface area (Å²) in [4.78, 5) is 0. The van der Waals surface area contributed by atoms with Crippen molar-refractivity contribution in [1.29, 1.82) is 0 Å². The van der Waals surface area contributed by atoms with Gasteiger partial charge in [-0.05, 0) is 31.0 Å². The molecule has 0 bridgehead atoms. The smallest absolute Gasteiger partial charge is 0.0720 e. The van der Waals surface area contributed by atoms with Gasteiger partial charge in [0.25, 0.3) is 0 Å². The third-order valence-corrected chi connectivity index (χ3v) is 3.60. The van der Waals surface area contributed by atoms with Gasteiger partial charge in [0.1, 0.15) is 0 Å². The van der Waals surface area contributed by atoms with E-state index in [1.165, 1.54) is 43.2 Å². The van der Waals surface area contributed by atoms with Gasteiger partial charge in [-0.1, -0.05) is 63.8 Å². The minimum absolute atomic E-state index is 0.369. The van der Waals surface area contributed by atoms with Gasteiger partial charge in [-0.3, -0.25) is 0 Å². The molecule has 1 N–H and O–H groups in total. The highest BCUT2D eigenvalue weighted by Gasteiger charge is 2.03. The second kappa shape index (κ2) is 10.9. The molecule has 2 nitrogen and oxygen atoms in total. The predicted molar refractivity (Wildman–Crippen MR) is 86.8 cm³/mol. The molecule has 1 aromatic carbocycles. The summed E-state index contributed by atoms with van der Waals surface area (Å²) in [6.07, 6.45) is 6.82. The Morgan fingerprint density at radius 2 is 1.70 bits per heavy atom. The molecular weight excluding hydrogens is 246 g/mol. The molecule has 0 spiro atoms. The fraction of sp³-hybridized carbons (Fsp3) is 0.667. The van der Waals surface area contributed by atoms with Crippen molar-refractivity contribution in [2.24, 2.45) is 0 Å². The summed E-state index contributed by atoms with van der Waals surface area (Å²) in [5.41, 5.74) is 2.61. The summed E-state index contributed by atoms with van der Waals surface area (Å²) in [7, 11) is 0. The molecule has 0 saturated carbocycles. The van der Waals surface area contributed by atoms with Gasteiger partial charge in [-0.15, -0.1) is 0 Å². The number of benzene rings is 1. The maximum atomic E-state index is 5.91. The van der Waals surface area contributed by atoms with E-state index < -0.39 is 0 Å². The fourth-order valence-corrected chi connectivity index (χ4v) is 2.20. The molecule has 2 heteroatoms. The lowest BCUT2D eigenvalue weighted by Gasteiger charge is -2.13. The molecule has 0 saturated heterocycles. The van der Waals surface area contributed by atoms with Crippen LogP contribution >= 0.6 is 0 Å². The van der Waals surface area contributed by atoms with Crippen LogP contribution < -0.4 is 5.32 Å². The van der Waals surface area contributed by atoms with E-state index in [-0.39, 0.29) is 0 Å². The Hall–Kier alpha value is -0.860. The first-order chi connectivity index (χ1) is 9.76. The monoisotopic (exact) mass is 277 g/mol. The molecule has 1 aromatic rings. The average Bonchev–Trinajstić information content (AvgIpc) is 2.48. The molecule has 1 atom stereocenters. The zero-order valence-electron chi connectivity index (χ0n) is 13.5. The fourth-order valence-electron chi connectivity index (χ4n) is 2.20. The molecule has 0 radical (unpaired) electrons. The lowest BCUT2D eigenvalue weighted by molar-refractivity contribution is 0.0459. The Morgan fingerprint density at radius 3 is 2.35 bits per heavy atom. The van der Waals surface area contributed by atoms with E-state index in [4.69, 9.17) is 4.74 Å². The van der Waals surface area contributed by atoms with Crippen molar-refractivity contribution in [3.05, 3.63) is 35.4 Å². The normalized spacial score (nSPS) is 12.6. The number of hydrogen-bond donors (Lipinski definition) is 1. The topological polar surface area (TPSA) is 21.3 Å². The van der Waals surface area contributed by atoms with Gasteiger partial charge in [0.15, 0.2) is 0 Å². The van der Waals surface area contributed by atoms with Crippen molar-refractivity contribution in [3.63, 3.8) is 0 Å². The Balaban J connectivity index is 2.20. The average molecular weight is 277 g/mol. The first kappa shape index (κ1) is 17.2. The van der Waals surface area contributed by atoms with Gasteiger partial charge >= 0.3 is 0 Å². The molecule has 0 amide bonds. The van der Waals surface area contributed by atoms with Crippen molar-refractivity contribution in [1.82, 2.24) is 5.32 Å². The van der Waals surface area contributed by atoms with Crippen molar-refractivity contribution in [3.8, 4) is 0 Å². The second-order valence-electron chi connectivity index (χ2n) is 5.57. The highest BCUT2D eigenvalue weighted by Crippen LogP contribution is 2.11. The van der Waals surface area contributed by atoms with Gasteiger partial charge in [0.2, 0.25) is 0 Å². The predicted octanol–water partition coefficient (Wildman–Crippen LogP) is 4.67. The molecule has 0 aliphatic carbocycles. The van der Waals surface area contributed by atoms with Crippen LogP contribution in [0.25, 0.3) is 0 Å². The van der Waals surface area contributed by atoms with Crippen molar-refractivity contribution < 1.29 is 4.74 Å². The van der Waals surface area contributed by atoms with Crippen molar-refractivity contribution >= 4 is 0 Å². The summed E-state index contributed by atoms with van der Waals surface area (Å²) < 4.78 is 5.91. The molecule has 20 heavy (non-hydrogen) atoms. The van der Waals surface area contributed by atoms with Gasteiger partial charge < -0.3 is 10.1 Å². The van der Waals surface area contributed by atoms with E-state index in [9.17, 15) is 0 Å². The van der Waals surface area contributed by atoms with Crippen molar-refractivity contribution in [2.45, 2.75) is 72.1 Å². The number of hydrogen-bond acceptors (Lipinski definition) is 2. The first-order valence-corrected chi connectivity index (χ1v) is 8.16. The molecule has 114 valence electrons. The minimum atomic E-state index is 0.369. The first-order valence-electron chi connectivity index (χ1n) is 8.16. The minimum Gasteiger partial charge on any atom is -0.374 e. The zero-order chi connectivity index (χ0) is 14.6. The molecular formula is C18H31NO. The maximum Gasteiger partial charge on any atom is 0.0720 e. The van der Waals surface area contributed by atoms with Crippen LogP contribution in [0.2, 0.25) is 0 Å². The van der Waals surface area contributed by atoms with E-state index in [0.717, 1.165) is 19.7 Å². The van der Waals surface area contributed by atoms with Crippen LogP contribution in [0.1, 0.15) is 64.0 Å². The van der Waals surface area contributed by atoms with Gasteiger partial charge in [-0.25, -0.2) is 0 Å². The number of unbranched alkanes of at least 4 members (excludes halogenated alkanes) is 3. The Bertz CT molecular complexity index is 334. The van der Waals surface area contributed by atoms with Gasteiger partial charge in [-0.2, -0.15) is 0 Å². The van der Waals surface area contributed by atoms with Crippen LogP contribution in [0.3, 0.4) is 0 Å². The highest BCUT2D eigenvalue weighted by atomic mass is 16.5. The number of nitrogens with one attached hydrogen (secondary N) is 1.